The number of anilines is 2. The van der Waals surface area contributed by atoms with Crippen molar-refractivity contribution in [3.8, 4) is 10.6 Å². The summed E-state index contributed by atoms with van der Waals surface area (Å²) in [7, 11) is 3.97. The molecule has 0 unspecified atom stereocenters. The zero-order valence-electron chi connectivity index (χ0n) is 11.1. The van der Waals surface area contributed by atoms with Crippen LogP contribution >= 0.6 is 11.3 Å². The van der Waals surface area contributed by atoms with Crippen LogP contribution in [-0.2, 0) is 0 Å². The first kappa shape index (κ1) is 13.3. The number of aromatic nitrogens is 2. The van der Waals surface area contributed by atoms with Crippen molar-refractivity contribution in [2.75, 3.05) is 24.3 Å². The minimum atomic E-state index is -0.115. The summed E-state index contributed by atoms with van der Waals surface area (Å²) in [6.07, 6.45) is 1.78. The van der Waals surface area contributed by atoms with Gasteiger partial charge >= 0.3 is 0 Å². The number of nitrogens with zero attached hydrogens (tertiary/aromatic N) is 3. The Morgan fingerprint density at radius 3 is 2.84 bits per heavy atom. The molecule has 0 aliphatic heterocycles. The Morgan fingerprint density at radius 1 is 1.47 bits per heavy atom. The molecular formula is C12H16N6S. The van der Waals surface area contributed by atoms with Gasteiger partial charge in [0, 0.05) is 26.0 Å². The Morgan fingerprint density at radius 2 is 2.21 bits per heavy atom. The fraction of sp³-hybridized carbons (Fsp3) is 0.250. The molecule has 0 spiro atoms. The van der Waals surface area contributed by atoms with Gasteiger partial charge in [-0.25, -0.2) is 4.98 Å². The Kier molecular flexibility index (Phi) is 3.66. The van der Waals surface area contributed by atoms with Gasteiger partial charge in [0.2, 0.25) is 0 Å². The average Bonchev–Trinajstić information content (AvgIpc) is 2.69. The number of hydrogen-bond donors (Lipinski definition) is 3. The molecule has 0 saturated heterocycles. The van der Waals surface area contributed by atoms with Gasteiger partial charge in [-0.15, -0.1) is 0 Å². The molecular weight excluding hydrogens is 260 g/mol. The second-order valence-corrected chi connectivity index (χ2v) is 5.27. The van der Waals surface area contributed by atoms with Gasteiger partial charge in [-0.1, -0.05) is 11.3 Å². The van der Waals surface area contributed by atoms with E-state index in [1.807, 2.05) is 38.1 Å². The van der Waals surface area contributed by atoms with Crippen LogP contribution in [0, 0.1) is 12.3 Å². The maximum absolute atomic E-state index is 7.22. The summed E-state index contributed by atoms with van der Waals surface area (Å²) in [5.74, 6) is -0.115. The lowest BCUT2D eigenvalue weighted by atomic mass is 10.2. The highest BCUT2D eigenvalue weighted by atomic mass is 32.1. The Bertz CT molecular complexity index is 604. The highest BCUT2D eigenvalue weighted by Gasteiger charge is 2.12. The molecule has 2 aromatic heterocycles. The van der Waals surface area contributed by atoms with E-state index >= 15 is 0 Å². The third-order valence-corrected chi connectivity index (χ3v) is 3.63. The number of hydrogen-bond acceptors (Lipinski definition) is 5. The maximum atomic E-state index is 7.22. The number of thiazole rings is 1. The number of nitrogens with one attached hydrogen (secondary N) is 2. The molecule has 0 aliphatic carbocycles. The first-order valence-corrected chi connectivity index (χ1v) is 6.51. The molecule has 4 N–H and O–H groups in total. The van der Waals surface area contributed by atoms with Crippen molar-refractivity contribution < 1.29 is 0 Å². The number of nitrogens with two attached hydrogens (primary N) is 1. The lowest BCUT2D eigenvalue weighted by Crippen LogP contribution is -2.20. The summed E-state index contributed by atoms with van der Waals surface area (Å²) < 4.78 is 0. The van der Waals surface area contributed by atoms with Gasteiger partial charge in [0.1, 0.15) is 0 Å². The van der Waals surface area contributed by atoms with Crippen LogP contribution in [0.2, 0.25) is 0 Å². The Hall–Kier alpha value is -2.15. The van der Waals surface area contributed by atoms with E-state index in [0.717, 1.165) is 22.0 Å². The normalized spacial score (nSPS) is 10.3. The van der Waals surface area contributed by atoms with Crippen molar-refractivity contribution >= 4 is 28.1 Å². The van der Waals surface area contributed by atoms with E-state index < -0.39 is 0 Å². The molecule has 7 heteroatoms. The molecule has 0 aromatic carbocycles. The first-order chi connectivity index (χ1) is 8.97. The van der Waals surface area contributed by atoms with Crippen LogP contribution in [0.3, 0.4) is 0 Å². The van der Waals surface area contributed by atoms with Crippen molar-refractivity contribution in [2.24, 2.45) is 5.73 Å². The molecule has 6 nitrogen and oxygen atoms in total. The average molecular weight is 276 g/mol. The van der Waals surface area contributed by atoms with E-state index in [0.29, 0.717) is 5.13 Å². The second-order valence-electron chi connectivity index (χ2n) is 4.27. The molecule has 0 radical (unpaired) electrons. The van der Waals surface area contributed by atoms with Gasteiger partial charge in [-0.3, -0.25) is 10.4 Å². The number of rotatable bonds is 3. The minimum Gasteiger partial charge on any atom is -0.378 e. The summed E-state index contributed by atoms with van der Waals surface area (Å²) in [5, 5.41) is 10.5. The van der Waals surface area contributed by atoms with Crippen molar-refractivity contribution in [1.29, 1.82) is 5.41 Å². The van der Waals surface area contributed by atoms with Crippen molar-refractivity contribution in [3.05, 3.63) is 24.0 Å². The highest BCUT2D eigenvalue weighted by molar-refractivity contribution is 7.19. The lowest BCUT2D eigenvalue weighted by Gasteiger charge is -2.12. The number of guanidine groups is 1. The molecule has 0 aliphatic rings. The summed E-state index contributed by atoms with van der Waals surface area (Å²) in [5.41, 5.74) is 8.13. The number of pyridine rings is 1. The van der Waals surface area contributed by atoms with E-state index in [2.05, 4.69) is 15.3 Å². The van der Waals surface area contributed by atoms with E-state index in [4.69, 9.17) is 11.1 Å². The second kappa shape index (κ2) is 5.23. The van der Waals surface area contributed by atoms with E-state index in [1.54, 1.807) is 6.20 Å². The van der Waals surface area contributed by atoms with Gasteiger partial charge in [0.25, 0.3) is 0 Å². The van der Waals surface area contributed by atoms with Crippen molar-refractivity contribution in [3.63, 3.8) is 0 Å². The molecule has 0 saturated carbocycles. The summed E-state index contributed by atoms with van der Waals surface area (Å²) in [4.78, 5) is 11.7. The standard InChI is InChI=1S/C12H16N6S/c1-7-10(19-12(16-7)17-11(13)14)9-6-8(18(2)3)4-5-15-9/h4-6H,1-3H3,(H4,13,14,16,17). The SMILES string of the molecule is Cc1nc(NC(=N)N)sc1-c1cc(N(C)C)ccn1. The predicted octanol–water partition coefficient (Wildman–Crippen LogP) is 1.88. The largest absolute Gasteiger partial charge is 0.378 e. The van der Waals surface area contributed by atoms with Gasteiger partial charge in [-0.2, -0.15) is 0 Å². The fourth-order valence-electron chi connectivity index (χ4n) is 1.62. The smallest absolute Gasteiger partial charge is 0.192 e. The quantitative estimate of drug-likeness (QED) is 0.588. The fourth-order valence-corrected chi connectivity index (χ4v) is 2.57. The van der Waals surface area contributed by atoms with Gasteiger partial charge in [0.05, 0.1) is 16.3 Å². The Labute approximate surface area is 115 Å². The minimum absolute atomic E-state index is 0.115. The Balaban J connectivity index is 2.38. The van der Waals surface area contributed by atoms with E-state index in [9.17, 15) is 0 Å². The molecule has 0 atom stereocenters. The van der Waals surface area contributed by atoms with Crippen LogP contribution in [0.4, 0.5) is 10.8 Å². The van der Waals surface area contributed by atoms with Crippen LogP contribution in [0.5, 0.6) is 0 Å². The molecule has 0 bridgehead atoms. The van der Waals surface area contributed by atoms with E-state index in [-0.39, 0.29) is 5.96 Å². The number of aryl methyl sites for hydroxylation is 1. The molecule has 2 rings (SSSR count). The lowest BCUT2D eigenvalue weighted by molar-refractivity contribution is 1.12. The highest BCUT2D eigenvalue weighted by Crippen LogP contribution is 2.32. The van der Waals surface area contributed by atoms with Crippen molar-refractivity contribution in [2.45, 2.75) is 6.92 Å². The molecule has 2 heterocycles. The molecule has 0 fully saturated rings. The van der Waals surface area contributed by atoms with Crippen LogP contribution < -0.4 is 16.0 Å². The summed E-state index contributed by atoms with van der Waals surface area (Å²) in [6.45, 7) is 1.92. The third-order valence-electron chi connectivity index (χ3n) is 2.53. The topological polar surface area (TPSA) is 90.9 Å². The zero-order valence-corrected chi connectivity index (χ0v) is 11.9. The molecule has 2 aromatic rings. The van der Waals surface area contributed by atoms with Gasteiger partial charge < -0.3 is 16.0 Å². The molecule has 100 valence electrons. The molecule has 0 amide bonds. The maximum Gasteiger partial charge on any atom is 0.192 e. The zero-order chi connectivity index (χ0) is 14.0. The van der Waals surface area contributed by atoms with Crippen molar-refractivity contribution in [1.82, 2.24) is 9.97 Å². The molecule has 19 heavy (non-hydrogen) atoms. The monoisotopic (exact) mass is 276 g/mol. The van der Waals surface area contributed by atoms with E-state index in [1.165, 1.54) is 11.3 Å². The first-order valence-electron chi connectivity index (χ1n) is 5.69. The van der Waals surface area contributed by atoms with Crippen LogP contribution in [0.25, 0.3) is 10.6 Å². The summed E-state index contributed by atoms with van der Waals surface area (Å²) in [6, 6.07) is 3.96. The van der Waals surface area contributed by atoms with Gasteiger partial charge in [-0.05, 0) is 19.1 Å². The third kappa shape index (κ3) is 3.00. The van der Waals surface area contributed by atoms with Gasteiger partial charge in [0.15, 0.2) is 11.1 Å². The van der Waals surface area contributed by atoms with Crippen LogP contribution in [0.1, 0.15) is 5.69 Å². The van der Waals surface area contributed by atoms with Crippen LogP contribution in [0.15, 0.2) is 18.3 Å². The van der Waals surface area contributed by atoms with Crippen LogP contribution in [-0.4, -0.2) is 30.0 Å². The summed E-state index contributed by atoms with van der Waals surface area (Å²) >= 11 is 1.44. The predicted molar refractivity (Wildman–Crippen MR) is 79.9 cm³/mol.